The van der Waals surface area contributed by atoms with E-state index in [1.807, 2.05) is 0 Å². The predicted molar refractivity (Wildman–Crippen MR) is 91.5 cm³/mol. The van der Waals surface area contributed by atoms with E-state index in [-0.39, 0.29) is 30.3 Å². The molecule has 0 spiro atoms. The maximum Gasteiger partial charge on any atom is 0.223 e. The molecule has 0 saturated carbocycles. The van der Waals surface area contributed by atoms with Gasteiger partial charge in [-0.2, -0.15) is 0 Å². The first-order valence-electron chi connectivity index (χ1n) is 8.39. The normalized spacial score (nSPS) is 29.9. The smallest absolute Gasteiger partial charge is 0.223 e. The summed E-state index contributed by atoms with van der Waals surface area (Å²) in [5.74, 6) is 1.04. The Morgan fingerprint density at radius 2 is 2.23 bits per heavy atom. The summed E-state index contributed by atoms with van der Waals surface area (Å²) in [5, 5.41) is 6.48. The Bertz CT molecular complexity index is 341. The van der Waals surface area contributed by atoms with E-state index >= 15 is 0 Å². The third-order valence-electron chi connectivity index (χ3n) is 4.34. The van der Waals surface area contributed by atoms with E-state index < -0.39 is 0 Å². The summed E-state index contributed by atoms with van der Waals surface area (Å²) in [6.45, 7) is 12.0. The lowest BCUT2D eigenvalue weighted by molar-refractivity contribution is -0.127. The number of hydrogen-bond donors (Lipinski definition) is 2. The molecule has 2 rings (SSSR count). The van der Waals surface area contributed by atoms with Crippen molar-refractivity contribution >= 4 is 18.3 Å². The Balaban J connectivity index is 0.00000242. The van der Waals surface area contributed by atoms with Crippen LogP contribution in [0.25, 0.3) is 0 Å². The molecule has 0 aliphatic carbocycles. The van der Waals surface area contributed by atoms with Crippen molar-refractivity contribution in [1.82, 2.24) is 15.5 Å². The number of nitrogens with zero attached hydrogens (tertiary/aromatic N) is 1. The van der Waals surface area contributed by atoms with Gasteiger partial charge in [0.05, 0.1) is 12.7 Å². The number of nitrogens with one attached hydrogen (secondary N) is 2. The molecule has 1 amide bonds. The SMILES string of the molecule is CC(C)CN1CCOC(CNC(=O)[C@H]2CCN[C@@H](C)C2)C1.Cl. The summed E-state index contributed by atoms with van der Waals surface area (Å²) in [6, 6.07) is 0.446. The second-order valence-corrected chi connectivity index (χ2v) is 6.97. The molecule has 22 heavy (non-hydrogen) atoms. The summed E-state index contributed by atoms with van der Waals surface area (Å²) in [4.78, 5) is 14.7. The number of hydrogen-bond acceptors (Lipinski definition) is 4. The molecule has 3 atom stereocenters. The highest BCUT2D eigenvalue weighted by Crippen LogP contribution is 2.16. The largest absolute Gasteiger partial charge is 0.374 e. The summed E-state index contributed by atoms with van der Waals surface area (Å²) in [6.07, 6.45) is 2.03. The molecule has 1 unspecified atom stereocenters. The fourth-order valence-electron chi connectivity index (χ4n) is 3.31. The van der Waals surface area contributed by atoms with Crippen LogP contribution in [-0.4, -0.2) is 62.3 Å². The van der Waals surface area contributed by atoms with Gasteiger partial charge in [0.25, 0.3) is 0 Å². The number of carbonyl (C=O) groups is 1. The van der Waals surface area contributed by atoms with Crippen LogP contribution in [0, 0.1) is 11.8 Å². The first-order chi connectivity index (χ1) is 10.0. The summed E-state index contributed by atoms with van der Waals surface area (Å²) in [5.41, 5.74) is 0. The van der Waals surface area contributed by atoms with Gasteiger partial charge in [-0.15, -0.1) is 12.4 Å². The Labute approximate surface area is 140 Å². The highest BCUT2D eigenvalue weighted by molar-refractivity contribution is 5.85. The molecule has 2 heterocycles. The minimum absolute atomic E-state index is 0. The van der Waals surface area contributed by atoms with Crippen LogP contribution in [0.1, 0.15) is 33.6 Å². The minimum atomic E-state index is 0. The zero-order valence-electron chi connectivity index (χ0n) is 14.1. The van der Waals surface area contributed by atoms with Crippen LogP contribution < -0.4 is 10.6 Å². The fraction of sp³-hybridized carbons (Fsp3) is 0.938. The van der Waals surface area contributed by atoms with Gasteiger partial charge in [0.2, 0.25) is 5.91 Å². The van der Waals surface area contributed by atoms with Gasteiger partial charge in [-0.3, -0.25) is 9.69 Å². The molecule has 0 bridgehead atoms. The maximum absolute atomic E-state index is 12.2. The lowest BCUT2D eigenvalue weighted by Gasteiger charge is -2.34. The van der Waals surface area contributed by atoms with Crippen molar-refractivity contribution in [3.8, 4) is 0 Å². The fourth-order valence-corrected chi connectivity index (χ4v) is 3.31. The van der Waals surface area contributed by atoms with E-state index in [1.54, 1.807) is 0 Å². The second-order valence-electron chi connectivity index (χ2n) is 6.97. The van der Waals surface area contributed by atoms with Crippen LogP contribution in [0.4, 0.5) is 0 Å². The van der Waals surface area contributed by atoms with E-state index in [2.05, 4.69) is 36.3 Å². The van der Waals surface area contributed by atoms with Gasteiger partial charge in [-0.1, -0.05) is 13.8 Å². The number of amides is 1. The van der Waals surface area contributed by atoms with Crippen molar-refractivity contribution < 1.29 is 9.53 Å². The monoisotopic (exact) mass is 333 g/mol. The standard InChI is InChI=1S/C16H31N3O2.ClH/c1-12(2)10-19-6-7-21-15(11-19)9-18-16(20)14-4-5-17-13(3)8-14;/h12-15,17H,4-11H2,1-3H3,(H,18,20);1H/t13-,14-,15?;/m0./s1. The van der Waals surface area contributed by atoms with Gasteiger partial charge in [-0.25, -0.2) is 0 Å². The van der Waals surface area contributed by atoms with Crippen LogP contribution in [0.5, 0.6) is 0 Å². The summed E-state index contributed by atoms with van der Waals surface area (Å²) in [7, 11) is 0. The van der Waals surface area contributed by atoms with Crippen molar-refractivity contribution in [2.24, 2.45) is 11.8 Å². The molecule has 0 aromatic rings. The van der Waals surface area contributed by atoms with E-state index in [0.717, 1.165) is 45.6 Å². The number of piperidine rings is 1. The molecular formula is C16H32ClN3O2. The third kappa shape index (κ3) is 6.41. The van der Waals surface area contributed by atoms with Gasteiger partial charge in [-0.05, 0) is 32.2 Å². The molecule has 6 heteroatoms. The Hall–Kier alpha value is -0.360. The Kier molecular flexibility index (Phi) is 8.69. The molecule has 0 aromatic heterocycles. The number of halogens is 1. The Morgan fingerprint density at radius 3 is 2.91 bits per heavy atom. The molecule has 0 radical (unpaired) electrons. The number of carbonyl (C=O) groups excluding carboxylic acids is 1. The molecule has 0 aromatic carbocycles. The van der Waals surface area contributed by atoms with Crippen molar-refractivity contribution in [2.75, 3.05) is 39.3 Å². The number of ether oxygens (including phenoxy) is 1. The summed E-state index contributed by atoms with van der Waals surface area (Å²) < 4.78 is 5.78. The molecule has 130 valence electrons. The quantitative estimate of drug-likeness (QED) is 0.795. The zero-order valence-corrected chi connectivity index (χ0v) is 15.0. The average Bonchev–Trinajstić information content (AvgIpc) is 2.44. The molecular weight excluding hydrogens is 302 g/mol. The third-order valence-corrected chi connectivity index (χ3v) is 4.34. The average molecular weight is 334 g/mol. The van der Waals surface area contributed by atoms with Crippen molar-refractivity contribution in [2.45, 2.75) is 45.8 Å². The highest BCUT2D eigenvalue weighted by Gasteiger charge is 2.26. The first kappa shape index (κ1) is 19.7. The van der Waals surface area contributed by atoms with Gasteiger partial charge < -0.3 is 15.4 Å². The zero-order chi connectivity index (χ0) is 15.2. The molecule has 2 N–H and O–H groups in total. The van der Waals surface area contributed by atoms with Crippen molar-refractivity contribution in [3.05, 3.63) is 0 Å². The minimum Gasteiger partial charge on any atom is -0.374 e. The number of rotatable bonds is 5. The van der Waals surface area contributed by atoms with Gasteiger partial charge >= 0.3 is 0 Å². The molecule has 2 aliphatic rings. The first-order valence-corrected chi connectivity index (χ1v) is 8.39. The van der Waals surface area contributed by atoms with Gasteiger partial charge in [0.15, 0.2) is 0 Å². The number of morpholine rings is 1. The maximum atomic E-state index is 12.2. The topological polar surface area (TPSA) is 53.6 Å². The van der Waals surface area contributed by atoms with E-state index in [1.165, 1.54) is 0 Å². The van der Waals surface area contributed by atoms with Crippen molar-refractivity contribution in [1.29, 1.82) is 0 Å². The lowest BCUT2D eigenvalue weighted by Crippen LogP contribution is -2.50. The van der Waals surface area contributed by atoms with Crippen LogP contribution >= 0.6 is 12.4 Å². The van der Waals surface area contributed by atoms with Crippen LogP contribution in [-0.2, 0) is 9.53 Å². The molecule has 2 aliphatic heterocycles. The van der Waals surface area contributed by atoms with E-state index in [4.69, 9.17) is 4.74 Å². The van der Waals surface area contributed by atoms with Crippen molar-refractivity contribution in [3.63, 3.8) is 0 Å². The van der Waals surface area contributed by atoms with Crippen LogP contribution in [0.15, 0.2) is 0 Å². The second kappa shape index (κ2) is 9.71. The van der Waals surface area contributed by atoms with Gasteiger partial charge in [0.1, 0.15) is 0 Å². The van der Waals surface area contributed by atoms with Gasteiger partial charge in [0, 0.05) is 38.1 Å². The highest BCUT2D eigenvalue weighted by atomic mass is 35.5. The molecule has 2 fully saturated rings. The predicted octanol–water partition coefficient (Wildman–Crippen LogP) is 1.27. The van der Waals surface area contributed by atoms with E-state index in [9.17, 15) is 4.79 Å². The van der Waals surface area contributed by atoms with E-state index in [0.29, 0.717) is 18.5 Å². The lowest BCUT2D eigenvalue weighted by atomic mass is 9.92. The van der Waals surface area contributed by atoms with Crippen LogP contribution in [0.2, 0.25) is 0 Å². The van der Waals surface area contributed by atoms with Crippen LogP contribution in [0.3, 0.4) is 0 Å². The molecule has 5 nitrogen and oxygen atoms in total. The Morgan fingerprint density at radius 1 is 1.45 bits per heavy atom. The summed E-state index contributed by atoms with van der Waals surface area (Å²) >= 11 is 0. The molecule has 2 saturated heterocycles.